The number of halogens is 1. The van der Waals surface area contributed by atoms with Crippen LogP contribution in [0.2, 0.25) is 5.02 Å². The zero-order chi connectivity index (χ0) is 16.4. The Bertz CT molecular complexity index is 935. The van der Waals surface area contributed by atoms with E-state index in [2.05, 4.69) is 16.3 Å². The number of nitrogens with zero attached hydrogens (tertiary/aromatic N) is 3. The van der Waals surface area contributed by atoms with E-state index >= 15 is 0 Å². The van der Waals surface area contributed by atoms with E-state index in [-0.39, 0.29) is 5.75 Å². The number of benzene rings is 1. The molecule has 6 heteroatoms. The molecule has 2 fully saturated rings. The van der Waals surface area contributed by atoms with Crippen molar-refractivity contribution >= 4 is 22.6 Å². The first kappa shape index (κ1) is 14.3. The minimum Gasteiger partial charge on any atom is -0.507 e. The van der Waals surface area contributed by atoms with E-state index in [9.17, 15) is 5.11 Å². The largest absolute Gasteiger partial charge is 0.507 e. The number of rotatable bonds is 2. The lowest BCUT2D eigenvalue weighted by molar-refractivity contribution is 0.150. The van der Waals surface area contributed by atoms with E-state index in [4.69, 9.17) is 16.3 Å². The third kappa shape index (κ3) is 2.05. The smallest absolute Gasteiger partial charge is 0.181 e. The van der Waals surface area contributed by atoms with Crippen LogP contribution < -0.4 is 0 Å². The first-order valence-electron chi connectivity index (χ1n) is 8.05. The Balaban J connectivity index is 1.57. The highest BCUT2D eigenvalue weighted by Crippen LogP contribution is 2.54. The van der Waals surface area contributed by atoms with Crippen LogP contribution >= 0.6 is 11.6 Å². The lowest BCUT2D eigenvalue weighted by Gasteiger charge is -2.08. The average Bonchev–Trinajstić information content (AvgIpc) is 2.88. The number of phenols is 1. The standard InChI is InChI=1S/C18H16ClN3O2/c1-9-4-11(19)5-15(23)16(9)14-3-2-10-6-22(21-18(10)20-14)17-12-7-24-8-13(12)17/h2-6,12-13,17,23H,7-8H2,1H3/t12-,13+,17?. The summed E-state index contributed by atoms with van der Waals surface area (Å²) in [5.41, 5.74) is 3.00. The fourth-order valence-electron chi connectivity index (χ4n) is 3.87. The second-order valence-corrected chi connectivity index (χ2v) is 7.13. The Kier molecular flexibility index (Phi) is 2.94. The first-order valence-corrected chi connectivity index (χ1v) is 8.43. The minimum atomic E-state index is 0.139. The van der Waals surface area contributed by atoms with Crippen molar-refractivity contribution in [3.8, 4) is 17.0 Å². The molecule has 1 saturated carbocycles. The summed E-state index contributed by atoms with van der Waals surface area (Å²) >= 11 is 5.99. The van der Waals surface area contributed by atoms with Crippen LogP contribution in [-0.4, -0.2) is 33.1 Å². The zero-order valence-corrected chi connectivity index (χ0v) is 13.9. The summed E-state index contributed by atoms with van der Waals surface area (Å²) in [5.74, 6) is 1.34. The number of ether oxygens (including phenoxy) is 1. The minimum absolute atomic E-state index is 0.139. The Morgan fingerprint density at radius 2 is 2.04 bits per heavy atom. The molecule has 0 radical (unpaired) electrons. The van der Waals surface area contributed by atoms with Crippen LogP contribution in [0.3, 0.4) is 0 Å². The molecule has 2 aliphatic rings. The van der Waals surface area contributed by atoms with Crippen LogP contribution in [0.1, 0.15) is 11.6 Å². The number of fused-ring (bicyclic) bond motifs is 2. The van der Waals surface area contributed by atoms with Gasteiger partial charge in [-0.05, 0) is 36.8 Å². The molecule has 1 aromatic carbocycles. The predicted octanol–water partition coefficient (Wildman–Crippen LogP) is 3.58. The molecule has 3 atom stereocenters. The maximum absolute atomic E-state index is 10.2. The molecule has 0 amide bonds. The molecule has 122 valence electrons. The van der Waals surface area contributed by atoms with E-state index in [0.717, 1.165) is 24.2 Å². The van der Waals surface area contributed by atoms with Gasteiger partial charge in [0.1, 0.15) is 5.75 Å². The molecular formula is C18H16ClN3O2. The molecule has 24 heavy (non-hydrogen) atoms. The third-order valence-electron chi connectivity index (χ3n) is 5.13. The fraction of sp³-hybridized carbons (Fsp3) is 0.333. The van der Waals surface area contributed by atoms with Crippen molar-refractivity contribution in [3.63, 3.8) is 0 Å². The number of aromatic hydroxyl groups is 1. The summed E-state index contributed by atoms with van der Waals surface area (Å²) in [7, 11) is 0. The molecule has 3 heterocycles. The summed E-state index contributed by atoms with van der Waals surface area (Å²) in [6, 6.07) is 7.73. The lowest BCUT2D eigenvalue weighted by Crippen LogP contribution is -2.05. The monoisotopic (exact) mass is 341 g/mol. The van der Waals surface area contributed by atoms with Crippen molar-refractivity contribution in [3.05, 3.63) is 41.0 Å². The molecule has 0 spiro atoms. The topological polar surface area (TPSA) is 60.2 Å². The summed E-state index contributed by atoms with van der Waals surface area (Å²) in [6.45, 7) is 3.58. The molecule has 0 bridgehead atoms. The number of phenolic OH excluding ortho intramolecular Hbond substituents is 1. The predicted molar refractivity (Wildman–Crippen MR) is 91.2 cm³/mol. The van der Waals surface area contributed by atoms with Gasteiger partial charge >= 0.3 is 0 Å². The van der Waals surface area contributed by atoms with Gasteiger partial charge in [0.05, 0.1) is 24.9 Å². The van der Waals surface area contributed by atoms with Crippen LogP contribution in [0, 0.1) is 18.8 Å². The Morgan fingerprint density at radius 3 is 2.79 bits per heavy atom. The number of hydrogen-bond donors (Lipinski definition) is 1. The van der Waals surface area contributed by atoms with E-state index < -0.39 is 0 Å². The van der Waals surface area contributed by atoms with Crippen molar-refractivity contribution < 1.29 is 9.84 Å². The van der Waals surface area contributed by atoms with Crippen molar-refractivity contribution in [1.82, 2.24) is 14.8 Å². The molecule has 5 rings (SSSR count). The molecule has 1 N–H and O–H groups in total. The normalized spacial score (nSPS) is 25.2. The van der Waals surface area contributed by atoms with Gasteiger partial charge in [-0.3, -0.25) is 4.68 Å². The molecule has 1 saturated heterocycles. The van der Waals surface area contributed by atoms with Crippen molar-refractivity contribution in [2.45, 2.75) is 13.0 Å². The highest BCUT2D eigenvalue weighted by molar-refractivity contribution is 6.31. The Morgan fingerprint density at radius 1 is 1.25 bits per heavy atom. The van der Waals surface area contributed by atoms with Gasteiger partial charge in [-0.15, -0.1) is 0 Å². The molecule has 5 nitrogen and oxygen atoms in total. The molecule has 1 aliphatic carbocycles. The fourth-order valence-corrected chi connectivity index (χ4v) is 4.14. The van der Waals surface area contributed by atoms with E-state index in [1.54, 1.807) is 6.07 Å². The maximum atomic E-state index is 10.2. The second-order valence-electron chi connectivity index (χ2n) is 6.69. The highest BCUT2D eigenvalue weighted by atomic mass is 35.5. The van der Waals surface area contributed by atoms with Crippen LogP contribution in [0.4, 0.5) is 0 Å². The van der Waals surface area contributed by atoms with Gasteiger partial charge in [0.2, 0.25) is 0 Å². The Labute approximate surface area is 143 Å². The number of hydrogen-bond acceptors (Lipinski definition) is 4. The van der Waals surface area contributed by atoms with Crippen LogP contribution in [-0.2, 0) is 4.74 Å². The summed E-state index contributed by atoms with van der Waals surface area (Å²) in [6.07, 6.45) is 2.06. The molecular weight excluding hydrogens is 326 g/mol. The SMILES string of the molecule is Cc1cc(Cl)cc(O)c1-c1ccc2cn(C3[C@H]4COC[C@@H]34)nc2n1. The molecule has 1 aliphatic heterocycles. The number of aromatic nitrogens is 3. The Hall–Kier alpha value is -2.11. The first-order chi connectivity index (χ1) is 11.6. The van der Waals surface area contributed by atoms with Crippen LogP contribution in [0.5, 0.6) is 5.75 Å². The van der Waals surface area contributed by atoms with Crippen LogP contribution in [0.25, 0.3) is 22.3 Å². The van der Waals surface area contributed by atoms with Crippen LogP contribution in [0.15, 0.2) is 30.5 Å². The van der Waals surface area contributed by atoms with Gasteiger partial charge in [0, 0.05) is 34.0 Å². The highest BCUT2D eigenvalue weighted by Gasteiger charge is 2.55. The molecule has 3 aromatic rings. The number of pyridine rings is 1. The van der Waals surface area contributed by atoms with Gasteiger partial charge in [0.15, 0.2) is 5.65 Å². The summed E-state index contributed by atoms with van der Waals surface area (Å²) < 4.78 is 7.49. The summed E-state index contributed by atoms with van der Waals surface area (Å²) in [5, 5.41) is 16.4. The van der Waals surface area contributed by atoms with E-state index in [1.807, 2.05) is 29.8 Å². The molecule has 1 unspecified atom stereocenters. The number of aryl methyl sites for hydroxylation is 1. The van der Waals surface area contributed by atoms with E-state index in [1.165, 1.54) is 0 Å². The molecule has 2 aromatic heterocycles. The van der Waals surface area contributed by atoms with Crippen molar-refractivity contribution in [2.75, 3.05) is 13.2 Å². The van der Waals surface area contributed by atoms with Gasteiger partial charge in [0.25, 0.3) is 0 Å². The van der Waals surface area contributed by atoms with Crippen molar-refractivity contribution in [1.29, 1.82) is 0 Å². The maximum Gasteiger partial charge on any atom is 0.181 e. The second kappa shape index (κ2) is 4.94. The quantitative estimate of drug-likeness (QED) is 0.774. The summed E-state index contributed by atoms with van der Waals surface area (Å²) in [4.78, 5) is 4.66. The van der Waals surface area contributed by atoms with Gasteiger partial charge in [-0.25, -0.2) is 4.98 Å². The van der Waals surface area contributed by atoms with Gasteiger partial charge in [-0.1, -0.05) is 11.6 Å². The van der Waals surface area contributed by atoms with E-state index in [0.29, 0.717) is 39.8 Å². The lowest BCUT2D eigenvalue weighted by atomic mass is 10.0. The van der Waals surface area contributed by atoms with Crippen molar-refractivity contribution in [2.24, 2.45) is 11.8 Å². The zero-order valence-electron chi connectivity index (χ0n) is 13.1. The average molecular weight is 342 g/mol. The van der Waals surface area contributed by atoms with Gasteiger partial charge in [-0.2, -0.15) is 5.10 Å². The third-order valence-corrected chi connectivity index (χ3v) is 5.35. The van der Waals surface area contributed by atoms with Gasteiger partial charge < -0.3 is 9.84 Å².